The Morgan fingerprint density at radius 1 is 1.64 bits per heavy atom. The number of nitrogens with one attached hydrogen (secondary N) is 1. The summed E-state index contributed by atoms with van der Waals surface area (Å²) in [6, 6.07) is -0.775. The first-order valence-corrected chi connectivity index (χ1v) is 2.93. The molecule has 0 saturated heterocycles. The van der Waals surface area contributed by atoms with E-state index in [0.29, 0.717) is 0 Å². The summed E-state index contributed by atoms with van der Waals surface area (Å²) >= 11 is 0. The van der Waals surface area contributed by atoms with E-state index in [1.165, 1.54) is 14.2 Å². The Bertz CT molecular complexity index is 119. The summed E-state index contributed by atoms with van der Waals surface area (Å²) in [5.74, 6) is 0. The van der Waals surface area contributed by atoms with Crippen molar-refractivity contribution in [3.05, 3.63) is 0 Å². The molecule has 0 spiro atoms. The van der Waals surface area contributed by atoms with Crippen LogP contribution in [0, 0.1) is 0 Å². The van der Waals surface area contributed by atoms with Crippen LogP contribution in [0.3, 0.4) is 0 Å². The zero-order valence-corrected chi connectivity index (χ0v) is 6.49. The maximum atomic E-state index is 10.1. The average molecular weight is 164 g/mol. The third kappa shape index (κ3) is 5.59. The van der Waals surface area contributed by atoms with E-state index in [4.69, 9.17) is 10.5 Å². The van der Waals surface area contributed by atoms with Crippen molar-refractivity contribution in [2.45, 2.75) is 6.29 Å². The molecule has 0 bridgehead atoms. The number of ether oxygens (including phenoxy) is 2. The molecule has 0 saturated carbocycles. The Labute approximate surface area is 64.5 Å². The largest absolute Gasteiger partial charge is 0.379 e. The predicted molar refractivity (Wildman–Crippen MR) is 36.5 cm³/mol. The summed E-state index contributed by atoms with van der Waals surface area (Å²) in [4.78, 5) is 14.7. The van der Waals surface area contributed by atoms with Gasteiger partial charge in [-0.2, -0.15) is 0 Å². The van der Waals surface area contributed by atoms with Gasteiger partial charge in [0.15, 0.2) is 0 Å². The summed E-state index contributed by atoms with van der Waals surface area (Å²) in [6.07, 6.45) is -0.632. The Hall–Kier alpha value is -0.850. The van der Waals surface area contributed by atoms with Gasteiger partial charge in [-0.25, -0.2) is 15.1 Å². The van der Waals surface area contributed by atoms with Crippen LogP contribution >= 0.6 is 0 Å². The van der Waals surface area contributed by atoms with Crippen molar-refractivity contribution in [3.8, 4) is 0 Å². The molecule has 0 aromatic carbocycles. The second kappa shape index (κ2) is 5.90. The van der Waals surface area contributed by atoms with Gasteiger partial charge in [-0.1, -0.05) is 0 Å². The molecule has 0 fully saturated rings. The molecule has 0 aliphatic heterocycles. The highest BCUT2D eigenvalue weighted by Gasteiger charge is 2.07. The Morgan fingerprint density at radius 3 is 2.64 bits per heavy atom. The average Bonchev–Trinajstić information content (AvgIpc) is 1.97. The standard InChI is InChI=1S/C5H12N2O4/c1-9-3-4(10-2)11-7-5(6)8/h4H,3H2,1-2H3,(H3,6,7,8). The van der Waals surface area contributed by atoms with E-state index in [0.717, 1.165) is 0 Å². The fraction of sp³-hybridized carbons (Fsp3) is 0.800. The van der Waals surface area contributed by atoms with Gasteiger partial charge in [0.05, 0.1) is 6.61 Å². The topological polar surface area (TPSA) is 82.8 Å². The van der Waals surface area contributed by atoms with E-state index in [9.17, 15) is 4.79 Å². The lowest BCUT2D eigenvalue weighted by atomic mass is 10.7. The van der Waals surface area contributed by atoms with Crippen molar-refractivity contribution in [3.63, 3.8) is 0 Å². The molecule has 2 amide bonds. The number of rotatable bonds is 5. The Morgan fingerprint density at radius 2 is 2.27 bits per heavy atom. The number of hydrogen-bond donors (Lipinski definition) is 2. The van der Waals surface area contributed by atoms with E-state index in [1.807, 2.05) is 5.48 Å². The first-order valence-electron chi connectivity index (χ1n) is 2.93. The molecule has 6 heteroatoms. The minimum atomic E-state index is -0.775. The van der Waals surface area contributed by atoms with Gasteiger partial charge in [-0.3, -0.25) is 0 Å². The second-order valence-electron chi connectivity index (χ2n) is 1.70. The molecule has 66 valence electrons. The second-order valence-corrected chi connectivity index (χ2v) is 1.70. The van der Waals surface area contributed by atoms with E-state index in [1.54, 1.807) is 0 Å². The van der Waals surface area contributed by atoms with Gasteiger partial charge in [0.2, 0.25) is 6.29 Å². The maximum Gasteiger partial charge on any atom is 0.336 e. The van der Waals surface area contributed by atoms with Gasteiger partial charge in [0.25, 0.3) is 0 Å². The summed E-state index contributed by atoms with van der Waals surface area (Å²) in [6.45, 7) is 0.219. The van der Waals surface area contributed by atoms with Crippen LogP contribution in [0.4, 0.5) is 4.79 Å². The molecule has 11 heavy (non-hydrogen) atoms. The van der Waals surface area contributed by atoms with Gasteiger partial charge < -0.3 is 15.2 Å². The molecule has 3 N–H and O–H groups in total. The van der Waals surface area contributed by atoms with Crippen LogP contribution < -0.4 is 11.2 Å². The summed E-state index contributed by atoms with van der Waals surface area (Å²) in [5.41, 5.74) is 6.64. The number of primary amides is 1. The monoisotopic (exact) mass is 164 g/mol. The lowest BCUT2D eigenvalue weighted by Gasteiger charge is -2.13. The third-order valence-corrected chi connectivity index (χ3v) is 0.857. The highest BCUT2D eigenvalue weighted by Crippen LogP contribution is 1.89. The lowest BCUT2D eigenvalue weighted by molar-refractivity contribution is -0.175. The van der Waals surface area contributed by atoms with E-state index >= 15 is 0 Å². The zero-order valence-electron chi connectivity index (χ0n) is 6.49. The van der Waals surface area contributed by atoms with E-state index in [-0.39, 0.29) is 6.61 Å². The number of carbonyl (C=O) groups is 1. The molecule has 0 aliphatic rings. The molecule has 0 heterocycles. The highest BCUT2D eigenvalue weighted by molar-refractivity contribution is 5.70. The number of hydroxylamine groups is 1. The molecule has 0 aromatic heterocycles. The van der Waals surface area contributed by atoms with Crippen molar-refractivity contribution in [2.75, 3.05) is 20.8 Å². The molecule has 0 rings (SSSR count). The molecule has 1 atom stereocenters. The number of nitrogens with two attached hydrogens (primary N) is 1. The molecule has 0 aromatic rings. The van der Waals surface area contributed by atoms with E-state index < -0.39 is 12.3 Å². The molecule has 0 aliphatic carbocycles. The molecular formula is C5H12N2O4. The van der Waals surface area contributed by atoms with Crippen LogP contribution in [0.25, 0.3) is 0 Å². The molecule has 1 unspecified atom stereocenters. The predicted octanol–water partition coefficient (Wildman–Crippen LogP) is -0.795. The molecule has 0 radical (unpaired) electrons. The van der Waals surface area contributed by atoms with Crippen molar-refractivity contribution in [1.82, 2.24) is 5.48 Å². The summed E-state index contributed by atoms with van der Waals surface area (Å²) < 4.78 is 9.41. The maximum absolute atomic E-state index is 10.1. The normalized spacial score (nSPS) is 12.5. The Balaban J connectivity index is 3.43. The summed E-state index contributed by atoms with van der Waals surface area (Å²) in [7, 11) is 2.91. The van der Waals surface area contributed by atoms with Crippen molar-refractivity contribution >= 4 is 6.03 Å². The highest BCUT2D eigenvalue weighted by atomic mass is 16.8. The van der Waals surface area contributed by atoms with Crippen molar-refractivity contribution in [2.24, 2.45) is 5.73 Å². The minimum Gasteiger partial charge on any atom is -0.379 e. The van der Waals surface area contributed by atoms with Crippen LogP contribution in [0.2, 0.25) is 0 Å². The number of amides is 2. The van der Waals surface area contributed by atoms with E-state index in [2.05, 4.69) is 9.57 Å². The first kappa shape index (κ1) is 10.2. The quantitative estimate of drug-likeness (QED) is 0.412. The number of urea groups is 1. The van der Waals surface area contributed by atoms with Crippen molar-refractivity contribution in [1.29, 1.82) is 0 Å². The van der Waals surface area contributed by atoms with Gasteiger partial charge >= 0.3 is 6.03 Å². The SMILES string of the molecule is COCC(OC)ONC(N)=O. The van der Waals surface area contributed by atoms with Crippen LogP contribution in [0.5, 0.6) is 0 Å². The fourth-order valence-electron chi connectivity index (χ4n) is 0.410. The fourth-order valence-corrected chi connectivity index (χ4v) is 0.410. The zero-order chi connectivity index (χ0) is 8.69. The number of hydrogen-bond acceptors (Lipinski definition) is 4. The Kier molecular flexibility index (Phi) is 5.44. The smallest absolute Gasteiger partial charge is 0.336 e. The molecule has 6 nitrogen and oxygen atoms in total. The van der Waals surface area contributed by atoms with Crippen molar-refractivity contribution < 1.29 is 19.1 Å². The molecular weight excluding hydrogens is 152 g/mol. The van der Waals surface area contributed by atoms with Crippen LogP contribution in [0.15, 0.2) is 0 Å². The van der Waals surface area contributed by atoms with Gasteiger partial charge in [0, 0.05) is 14.2 Å². The summed E-state index contributed by atoms with van der Waals surface area (Å²) in [5, 5.41) is 0. The van der Waals surface area contributed by atoms with Gasteiger partial charge in [-0.05, 0) is 0 Å². The van der Waals surface area contributed by atoms with Crippen LogP contribution in [-0.4, -0.2) is 33.1 Å². The number of methoxy groups -OCH3 is 2. The van der Waals surface area contributed by atoms with Gasteiger partial charge in [-0.15, -0.1) is 0 Å². The van der Waals surface area contributed by atoms with Crippen LogP contribution in [0.1, 0.15) is 0 Å². The lowest BCUT2D eigenvalue weighted by Crippen LogP contribution is -2.36. The van der Waals surface area contributed by atoms with Gasteiger partial charge in [0.1, 0.15) is 0 Å². The first-order chi connectivity index (χ1) is 5.20. The van der Waals surface area contributed by atoms with Crippen LogP contribution in [-0.2, 0) is 14.3 Å². The minimum absolute atomic E-state index is 0.219. The third-order valence-electron chi connectivity index (χ3n) is 0.857. The number of carbonyl (C=O) groups excluding carboxylic acids is 1.